The van der Waals surface area contributed by atoms with E-state index in [9.17, 15) is 21.6 Å². The quantitative estimate of drug-likeness (QED) is 0.330. The average Bonchev–Trinajstić information content (AvgIpc) is 3.23. The topological polar surface area (TPSA) is 130 Å². The third-order valence-electron chi connectivity index (χ3n) is 4.88. The number of sulfone groups is 1. The molecule has 13 heteroatoms. The van der Waals surface area contributed by atoms with E-state index in [4.69, 9.17) is 15.8 Å². The van der Waals surface area contributed by atoms with Gasteiger partial charge in [0, 0.05) is 30.6 Å². The van der Waals surface area contributed by atoms with Gasteiger partial charge in [-0.3, -0.25) is 9.48 Å². The third-order valence-corrected chi connectivity index (χ3v) is 7.61. The van der Waals surface area contributed by atoms with Crippen LogP contribution in [0.1, 0.15) is 39.7 Å². The number of hydrogen-bond donors (Lipinski definition) is 0. The highest BCUT2D eigenvalue weighted by molar-refractivity contribution is 7.90. The molecule has 3 aromatic rings. The maximum absolute atomic E-state index is 13.5. The highest BCUT2D eigenvalue weighted by Gasteiger charge is 2.29. The molecule has 1 aromatic carbocycles. The predicted octanol–water partition coefficient (Wildman–Crippen LogP) is 2.30. The minimum atomic E-state index is -3.94. The van der Waals surface area contributed by atoms with Gasteiger partial charge < -0.3 is 4.18 Å². The van der Waals surface area contributed by atoms with Crippen LogP contribution in [0.25, 0.3) is 0 Å². The molecule has 0 bridgehead atoms. The fourth-order valence-corrected chi connectivity index (χ4v) is 5.14. The lowest BCUT2D eigenvalue weighted by atomic mass is 10.0. The zero-order chi connectivity index (χ0) is 24.7. The van der Waals surface area contributed by atoms with Crippen LogP contribution in [-0.4, -0.2) is 54.2 Å². The minimum Gasteiger partial charge on any atom is -0.361 e. The summed E-state index contributed by atoms with van der Waals surface area (Å²) in [7, 11) is -6.16. The second kappa shape index (κ2) is 8.92. The number of aryl methyl sites for hydroxylation is 3. The van der Waals surface area contributed by atoms with Gasteiger partial charge in [-0.05, 0) is 38.5 Å². The van der Waals surface area contributed by atoms with Crippen molar-refractivity contribution in [1.82, 2.24) is 19.6 Å². The van der Waals surface area contributed by atoms with E-state index in [1.54, 1.807) is 12.4 Å². The van der Waals surface area contributed by atoms with E-state index < -0.39 is 25.7 Å². The summed E-state index contributed by atoms with van der Waals surface area (Å²) in [5.74, 6) is -1.20. The number of benzene rings is 1. The van der Waals surface area contributed by atoms with Crippen molar-refractivity contribution in [2.24, 2.45) is 7.05 Å². The maximum atomic E-state index is 13.5. The average molecular weight is 515 g/mol. The fraction of sp³-hybridized carbons (Fsp3) is 0.350. The molecule has 0 N–H and O–H groups in total. The van der Waals surface area contributed by atoms with Crippen LogP contribution in [0.2, 0.25) is 5.02 Å². The first-order valence-corrected chi connectivity index (χ1v) is 13.6. The van der Waals surface area contributed by atoms with Crippen LogP contribution in [0, 0.1) is 13.8 Å². The van der Waals surface area contributed by atoms with Crippen molar-refractivity contribution in [3.8, 4) is 5.88 Å². The highest BCUT2D eigenvalue weighted by Crippen LogP contribution is 2.33. The van der Waals surface area contributed by atoms with Gasteiger partial charge in [0.1, 0.15) is 5.56 Å². The minimum absolute atomic E-state index is 0.00971. The number of aromatic nitrogens is 4. The van der Waals surface area contributed by atoms with Crippen LogP contribution < -0.4 is 4.18 Å². The van der Waals surface area contributed by atoms with Gasteiger partial charge in [-0.15, -0.1) is 0 Å². The SMILES string of the molecule is CCS(=O)(=O)Oc1c(C(=O)c2ccc(S(C)(=O)=O)c(Cn3cc(C)cn3)c2Cl)c(C)nn1C. The summed E-state index contributed by atoms with van der Waals surface area (Å²) in [6.45, 7) is 4.78. The van der Waals surface area contributed by atoms with Crippen molar-refractivity contribution in [1.29, 1.82) is 0 Å². The number of rotatable bonds is 8. The molecule has 0 radical (unpaired) electrons. The molecule has 2 heterocycles. The molecule has 0 aliphatic rings. The first kappa shape index (κ1) is 24.9. The summed E-state index contributed by atoms with van der Waals surface area (Å²) < 4.78 is 56.6. The molecule has 0 saturated heterocycles. The Kier molecular flexibility index (Phi) is 6.74. The van der Waals surface area contributed by atoms with E-state index in [0.29, 0.717) is 0 Å². The van der Waals surface area contributed by atoms with Crippen molar-refractivity contribution in [2.45, 2.75) is 32.2 Å². The Hall–Kier alpha value is -2.70. The van der Waals surface area contributed by atoms with E-state index in [2.05, 4.69) is 10.2 Å². The molecular formula is C20H23ClN4O6S2. The largest absolute Gasteiger partial charge is 0.361 e. The molecule has 0 amide bonds. The lowest BCUT2D eigenvalue weighted by Crippen LogP contribution is -2.16. The molecule has 3 rings (SSSR count). The monoisotopic (exact) mass is 514 g/mol. The Morgan fingerprint density at radius 3 is 2.39 bits per heavy atom. The summed E-state index contributed by atoms with van der Waals surface area (Å²) in [6.07, 6.45) is 4.37. The van der Waals surface area contributed by atoms with E-state index in [1.807, 2.05) is 6.92 Å². The summed E-state index contributed by atoms with van der Waals surface area (Å²) in [5, 5.41) is 8.20. The molecule has 0 spiro atoms. The van der Waals surface area contributed by atoms with Gasteiger partial charge in [-0.25, -0.2) is 13.1 Å². The van der Waals surface area contributed by atoms with Crippen LogP contribution in [-0.2, 0) is 33.5 Å². The first-order chi connectivity index (χ1) is 15.2. The fourth-order valence-electron chi connectivity index (χ4n) is 3.30. The molecule has 0 fully saturated rings. The van der Waals surface area contributed by atoms with Crippen molar-refractivity contribution in [2.75, 3.05) is 12.0 Å². The second-order valence-electron chi connectivity index (χ2n) is 7.54. The van der Waals surface area contributed by atoms with E-state index in [1.165, 1.54) is 37.7 Å². The van der Waals surface area contributed by atoms with Gasteiger partial charge in [-0.1, -0.05) is 11.6 Å². The van der Waals surface area contributed by atoms with E-state index in [-0.39, 0.29) is 50.5 Å². The molecular weight excluding hydrogens is 492 g/mol. The van der Waals surface area contributed by atoms with Crippen LogP contribution in [0.3, 0.4) is 0 Å². The van der Waals surface area contributed by atoms with E-state index in [0.717, 1.165) is 16.5 Å². The summed E-state index contributed by atoms with van der Waals surface area (Å²) >= 11 is 6.58. The number of carbonyl (C=O) groups is 1. The number of halogens is 1. The Morgan fingerprint density at radius 1 is 1.18 bits per heavy atom. The Labute approximate surface area is 197 Å². The Bertz CT molecular complexity index is 1460. The number of ketones is 1. The zero-order valence-electron chi connectivity index (χ0n) is 18.7. The normalized spacial score (nSPS) is 12.2. The molecule has 0 aliphatic carbocycles. The molecule has 33 heavy (non-hydrogen) atoms. The van der Waals surface area contributed by atoms with Gasteiger partial charge in [0.25, 0.3) is 0 Å². The molecule has 2 aromatic heterocycles. The highest BCUT2D eigenvalue weighted by atomic mass is 35.5. The molecule has 10 nitrogen and oxygen atoms in total. The van der Waals surface area contributed by atoms with Gasteiger partial charge in [-0.2, -0.15) is 18.6 Å². The smallest absolute Gasteiger partial charge is 0.310 e. The van der Waals surface area contributed by atoms with Gasteiger partial charge in [0.05, 0.1) is 34.1 Å². The Balaban J connectivity index is 2.18. The maximum Gasteiger partial charge on any atom is 0.310 e. The molecule has 178 valence electrons. The van der Waals surface area contributed by atoms with Crippen LogP contribution in [0.15, 0.2) is 29.4 Å². The molecule has 0 aliphatic heterocycles. The van der Waals surface area contributed by atoms with E-state index >= 15 is 0 Å². The van der Waals surface area contributed by atoms with Crippen LogP contribution in [0.4, 0.5) is 0 Å². The lowest BCUT2D eigenvalue weighted by molar-refractivity contribution is 0.103. The van der Waals surface area contributed by atoms with Crippen LogP contribution >= 0.6 is 11.6 Å². The van der Waals surface area contributed by atoms with Gasteiger partial charge >= 0.3 is 10.1 Å². The van der Waals surface area contributed by atoms with Gasteiger partial charge in [0.15, 0.2) is 9.84 Å². The van der Waals surface area contributed by atoms with Crippen LogP contribution in [0.5, 0.6) is 5.88 Å². The number of nitrogens with zero attached hydrogens (tertiary/aromatic N) is 4. The molecule has 0 unspecified atom stereocenters. The van der Waals surface area contributed by atoms with Crippen molar-refractivity contribution in [3.63, 3.8) is 0 Å². The zero-order valence-corrected chi connectivity index (χ0v) is 21.0. The standard InChI is InChI=1S/C20H23ClN4O6S2/c1-6-33(29,30)31-20-17(13(3)23-24(20)4)19(26)14-7-8-16(32(5,27)28)15(18(14)21)11-25-10-12(2)9-22-25/h7-10H,6,11H2,1-5H3. The number of hydrogen-bond acceptors (Lipinski definition) is 8. The summed E-state index contributed by atoms with van der Waals surface area (Å²) in [6, 6.07) is 2.60. The van der Waals surface area contributed by atoms with Crippen molar-refractivity contribution >= 4 is 37.3 Å². The molecule has 0 atom stereocenters. The first-order valence-electron chi connectivity index (χ1n) is 9.76. The molecule has 0 saturated carbocycles. The van der Waals surface area contributed by atoms with Gasteiger partial charge in [0.2, 0.25) is 11.7 Å². The van der Waals surface area contributed by atoms with Crippen molar-refractivity contribution in [3.05, 3.63) is 57.5 Å². The Morgan fingerprint density at radius 2 is 1.85 bits per heavy atom. The third kappa shape index (κ3) is 5.12. The lowest BCUT2D eigenvalue weighted by Gasteiger charge is -2.14. The summed E-state index contributed by atoms with van der Waals surface area (Å²) in [5.41, 5.74) is 1.20. The second-order valence-corrected chi connectivity index (χ2v) is 11.8. The summed E-state index contributed by atoms with van der Waals surface area (Å²) in [4.78, 5) is 13.4. The van der Waals surface area contributed by atoms with Crippen molar-refractivity contribution < 1.29 is 25.8 Å². The predicted molar refractivity (Wildman–Crippen MR) is 122 cm³/mol. The number of carbonyl (C=O) groups excluding carboxylic acids is 1.